The minimum atomic E-state index is 0. The first-order valence-electron chi connectivity index (χ1n) is 6.46. The van der Waals surface area contributed by atoms with E-state index in [9.17, 15) is 0 Å². The molecule has 1 spiro atoms. The van der Waals surface area contributed by atoms with Crippen LogP contribution in [0.25, 0.3) is 0 Å². The third-order valence-electron chi connectivity index (χ3n) is 3.85. The Hall–Kier alpha value is -0.260. The fraction of sp³-hybridized carbons (Fsp3) is 0.875. The Labute approximate surface area is 105 Å². The lowest BCUT2D eigenvalue weighted by Crippen LogP contribution is -2.25. The van der Waals surface area contributed by atoms with Crippen molar-refractivity contribution in [2.75, 3.05) is 0 Å². The predicted octanol–water partition coefficient (Wildman–Crippen LogP) is 6.37. The lowest BCUT2D eigenvalue weighted by atomic mass is 9.66. The van der Waals surface area contributed by atoms with Crippen molar-refractivity contribution in [2.45, 2.75) is 87.0 Å². The number of allylic oxidation sites excluding steroid dienone is 2. The van der Waals surface area contributed by atoms with Gasteiger partial charge in [0.25, 0.3) is 0 Å². The Morgan fingerprint density at radius 2 is 1.50 bits per heavy atom. The fourth-order valence-corrected chi connectivity index (χ4v) is 2.81. The highest BCUT2D eigenvalue weighted by Gasteiger charge is 2.32. The quantitative estimate of drug-likeness (QED) is 0.421. The smallest absolute Gasteiger partial charge is 0.0260 e. The fourth-order valence-electron chi connectivity index (χ4n) is 2.81. The molecule has 1 saturated carbocycles. The molecule has 0 aromatic carbocycles. The van der Waals surface area contributed by atoms with Gasteiger partial charge in [-0.05, 0) is 44.4 Å². The first-order chi connectivity index (χ1) is 6.81. The van der Waals surface area contributed by atoms with E-state index in [2.05, 4.69) is 13.0 Å². The van der Waals surface area contributed by atoms with Crippen molar-refractivity contribution >= 4 is 0 Å². The second-order valence-corrected chi connectivity index (χ2v) is 4.82. The molecule has 0 aromatic heterocycles. The largest absolute Gasteiger partial charge is 0.0851 e. The van der Waals surface area contributed by atoms with Crippen LogP contribution in [-0.4, -0.2) is 0 Å². The van der Waals surface area contributed by atoms with Crippen LogP contribution in [0.1, 0.15) is 87.0 Å². The summed E-state index contributed by atoms with van der Waals surface area (Å²) in [7, 11) is 0. The van der Waals surface area contributed by atoms with Gasteiger partial charge in [-0.2, -0.15) is 0 Å². The molecule has 2 aliphatic rings. The molecule has 0 unspecified atom stereocenters. The topological polar surface area (TPSA) is 0 Å². The van der Waals surface area contributed by atoms with Crippen molar-refractivity contribution in [3.05, 3.63) is 11.6 Å². The summed E-state index contributed by atoms with van der Waals surface area (Å²) in [5.41, 5.74) is 2.39. The van der Waals surface area contributed by atoms with Gasteiger partial charge in [-0.15, -0.1) is 0 Å². The molecule has 98 valence electrons. The molecule has 0 heteroatoms. The Morgan fingerprint density at radius 1 is 0.938 bits per heavy atom. The van der Waals surface area contributed by atoms with Crippen molar-refractivity contribution in [3.8, 4) is 0 Å². The zero-order valence-electron chi connectivity index (χ0n) is 10.2. The van der Waals surface area contributed by atoms with E-state index in [1.165, 1.54) is 51.4 Å². The molecular formula is C16H34. The van der Waals surface area contributed by atoms with Gasteiger partial charge in [0.15, 0.2) is 0 Å². The summed E-state index contributed by atoms with van der Waals surface area (Å²) in [6.45, 7) is 6.29. The number of hydrogen-bond acceptors (Lipinski definition) is 0. The summed E-state index contributed by atoms with van der Waals surface area (Å²) in [5, 5.41) is 0. The first-order valence-corrected chi connectivity index (χ1v) is 6.46. The zero-order chi connectivity index (χ0) is 10.4. The van der Waals surface area contributed by atoms with E-state index >= 15 is 0 Å². The average Bonchev–Trinajstić information content (AvgIpc) is 2.27. The van der Waals surface area contributed by atoms with Crippen molar-refractivity contribution in [1.29, 1.82) is 0 Å². The van der Waals surface area contributed by atoms with Gasteiger partial charge in [0.05, 0.1) is 0 Å². The first kappa shape index (κ1) is 18.1. The van der Waals surface area contributed by atoms with Crippen LogP contribution in [-0.2, 0) is 0 Å². The third kappa shape index (κ3) is 4.72. The lowest BCUT2D eigenvalue weighted by Gasteiger charge is -2.39. The minimum Gasteiger partial charge on any atom is -0.0851 e. The minimum absolute atomic E-state index is 0. The molecule has 2 rings (SSSR count). The summed E-state index contributed by atoms with van der Waals surface area (Å²) >= 11 is 0. The molecule has 0 aliphatic heterocycles. The highest BCUT2D eigenvalue weighted by molar-refractivity contribution is 5.07. The molecule has 0 nitrogen and oxygen atoms in total. The molecule has 0 bridgehead atoms. The van der Waals surface area contributed by atoms with E-state index < -0.39 is 0 Å². The maximum atomic E-state index is 2.49. The van der Waals surface area contributed by atoms with Crippen molar-refractivity contribution < 1.29 is 0 Å². The molecule has 1 fully saturated rings. The van der Waals surface area contributed by atoms with Crippen molar-refractivity contribution in [3.63, 3.8) is 0 Å². The van der Waals surface area contributed by atoms with Crippen LogP contribution in [0, 0.1) is 5.41 Å². The molecule has 0 heterocycles. The van der Waals surface area contributed by atoms with E-state index in [0.717, 1.165) is 5.41 Å². The Morgan fingerprint density at radius 3 is 1.94 bits per heavy atom. The van der Waals surface area contributed by atoms with Gasteiger partial charge >= 0.3 is 0 Å². The maximum Gasteiger partial charge on any atom is -0.0260 e. The van der Waals surface area contributed by atoms with Crippen LogP contribution >= 0.6 is 0 Å². The van der Waals surface area contributed by atoms with Crippen LogP contribution in [0.3, 0.4) is 0 Å². The Kier molecular flexibility index (Phi) is 10.0. The number of hydrogen-bond donors (Lipinski definition) is 0. The molecule has 0 radical (unpaired) electrons. The van der Waals surface area contributed by atoms with Crippen LogP contribution < -0.4 is 0 Å². The van der Waals surface area contributed by atoms with E-state index in [1.54, 1.807) is 5.57 Å². The van der Waals surface area contributed by atoms with E-state index in [0.29, 0.717) is 0 Å². The average molecular weight is 226 g/mol. The summed E-state index contributed by atoms with van der Waals surface area (Å²) in [5.74, 6) is 0. The van der Waals surface area contributed by atoms with Crippen molar-refractivity contribution in [2.24, 2.45) is 5.41 Å². The highest BCUT2D eigenvalue weighted by Crippen LogP contribution is 2.46. The van der Waals surface area contributed by atoms with Crippen LogP contribution in [0.5, 0.6) is 0 Å². The third-order valence-corrected chi connectivity index (χ3v) is 3.85. The van der Waals surface area contributed by atoms with Crippen LogP contribution in [0.4, 0.5) is 0 Å². The van der Waals surface area contributed by atoms with Gasteiger partial charge in [-0.1, -0.05) is 59.6 Å². The van der Waals surface area contributed by atoms with Gasteiger partial charge in [0.1, 0.15) is 0 Å². The van der Waals surface area contributed by atoms with Gasteiger partial charge in [0.2, 0.25) is 0 Å². The van der Waals surface area contributed by atoms with Crippen LogP contribution in [0.15, 0.2) is 11.6 Å². The molecule has 0 atom stereocenters. The molecule has 2 aliphatic carbocycles. The summed E-state index contributed by atoms with van der Waals surface area (Å²) in [6, 6.07) is 0. The van der Waals surface area contributed by atoms with E-state index in [1.807, 2.05) is 13.8 Å². The van der Waals surface area contributed by atoms with Crippen LogP contribution in [0.2, 0.25) is 0 Å². The lowest BCUT2D eigenvalue weighted by molar-refractivity contribution is 0.168. The zero-order valence-corrected chi connectivity index (χ0v) is 10.2. The summed E-state index contributed by atoms with van der Waals surface area (Å²) in [4.78, 5) is 0. The monoisotopic (exact) mass is 226 g/mol. The second-order valence-electron chi connectivity index (χ2n) is 4.82. The Bertz CT molecular complexity index is 182. The Balaban J connectivity index is 0. The number of rotatable bonds is 0. The standard InChI is InChI=1S/C12H20.C2H6.2CH4/c1-11-5-9-12(10-6-11)7-3-2-4-8-12;1-2;;/h5H,2-4,6-10H2,1H3;1-2H3;2*1H4. The van der Waals surface area contributed by atoms with Crippen molar-refractivity contribution in [1.82, 2.24) is 0 Å². The molecule has 0 aromatic rings. The van der Waals surface area contributed by atoms with E-state index in [4.69, 9.17) is 0 Å². The SMILES string of the molecule is C.C.CC.CC1=CCC2(CCCCC2)CC1. The van der Waals surface area contributed by atoms with Gasteiger partial charge in [-0.25, -0.2) is 0 Å². The summed E-state index contributed by atoms with van der Waals surface area (Å²) < 4.78 is 0. The normalized spacial score (nSPS) is 21.8. The molecule has 0 amide bonds. The highest BCUT2D eigenvalue weighted by atomic mass is 14.4. The van der Waals surface area contributed by atoms with Gasteiger partial charge in [-0.3, -0.25) is 0 Å². The summed E-state index contributed by atoms with van der Waals surface area (Å²) in [6.07, 6.45) is 14.2. The molecular weight excluding hydrogens is 192 g/mol. The molecule has 16 heavy (non-hydrogen) atoms. The molecule has 0 saturated heterocycles. The van der Waals surface area contributed by atoms with Gasteiger partial charge in [0, 0.05) is 0 Å². The second kappa shape index (κ2) is 8.84. The predicted molar refractivity (Wildman–Crippen MR) is 77.9 cm³/mol. The van der Waals surface area contributed by atoms with E-state index in [-0.39, 0.29) is 14.9 Å². The maximum absolute atomic E-state index is 2.49. The van der Waals surface area contributed by atoms with Gasteiger partial charge < -0.3 is 0 Å². The molecule has 0 N–H and O–H groups in total.